The molecule has 4 heteroatoms. The molecule has 0 aliphatic heterocycles. The summed E-state index contributed by atoms with van der Waals surface area (Å²) in [5, 5.41) is 8.58. The van der Waals surface area contributed by atoms with E-state index >= 15 is 0 Å². The molecule has 122 valence electrons. The molecule has 4 rings (SSSR count). The highest BCUT2D eigenvalue weighted by Crippen LogP contribution is 2.26. The van der Waals surface area contributed by atoms with Gasteiger partial charge in [-0.3, -0.25) is 4.79 Å². The van der Waals surface area contributed by atoms with Crippen molar-refractivity contribution < 1.29 is 4.79 Å². The van der Waals surface area contributed by atoms with Crippen LogP contribution in [0.5, 0.6) is 0 Å². The van der Waals surface area contributed by atoms with Gasteiger partial charge in [-0.1, -0.05) is 78.0 Å². The van der Waals surface area contributed by atoms with Crippen molar-refractivity contribution in [3.8, 4) is 0 Å². The third-order valence-electron chi connectivity index (χ3n) is 4.33. The maximum absolute atomic E-state index is 12.8. The van der Waals surface area contributed by atoms with E-state index in [4.69, 9.17) is 0 Å². The SMILES string of the molecule is O=C(CC(c1ccccc1)n1nnc2ccccc21)c1ccccc1. The number of carbonyl (C=O) groups is 1. The average molecular weight is 327 g/mol. The molecule has 1 unspecified atom stereocenters. The van der Waals surface area contributed by atoms with Crippen LogP contribution in [-0.4, -0.2) is 20.8 Å². The van der Waals surface area contributed by atoms with Crippen molar-refractivity contribution in [2.45, 2.75) is 12.5 Å². The summed E-state index contributed by atoms with van der Waals surface area (Å²) in [4.78, 5) is 12.8. The molecule has 0 aliphatic carbocycles. The molecule has 0 N–H and O–H groups in total. The lowest BCUT2D eigenvalue weighted by atomic mass is 9.98. The maximum Gasteiger partial charge on any atom is 0.165 e. The lowest BCUT2D eigenvalue weighted by Gasteiger charge is -2.18. The molecule has 0 saturated carbocycles. The first-order valence-corrected chi connectivity index (χ1v) is 8.26. The van der Waals surface area contributed by atoms with Crippen LogP contribution in [0, 0.1) is 0 Å². The van der Waals surface area contributed by atoms with E-state index in [1.54, 1.807) is 0 Å². The molecule has 1 aromatic heterocycles. The summed E-state index contributed by atoms with van der Waals surface area (Å²) in [5.74, 6) is 0.0917. The van der Waals surface area contributed by atoms with E-state index in [1.807, 2.05) is 89.6 Å². The Bertz CT molecular complexity index is 993. The molecule has 3 aromatic carbocycles. The molecule has 4 aromatic rings. The number of Topliss-reactive ketones (excluding diaryl/α,β-unsaturated/α-hetero) is 1. The topological polar surface area (TPSA) is 47.8 Å². The Morgan fingerprint density at radius 2 is 1.48 bits per heavy atom. The molecule has 0 saturated heterocycles. The zero-order chi connectivity index (χ0) is 17.1. The highest BCUT2D eigenvalue weighted by Gasteiger charge is 2.21. The van der Waals surface area contributed by atoms with Crippen molar-refractivity contribution in [3.05, 3.63) is 96.1 Å². The van der Waals surface area contributed by atoms with Crippen molar-refractivity contribution in [2.24, 2.45) is 0 Å². The Hall–Kier alpha value is -3.27. The number of aromatic nitrogens is 3. The van der Waals surface area contributed by atoms with Crippen LogP contribution in [0.1, 0.15) is 28.4 Å². The first-order chi connectivity index (χ1) is 12.3. The number of hydrogen-bond donors (Lipinski definition) is 0. The fourth-order valence-electron chi connectivity index (χ4n) is 3.06. The van der Waals surface area contributed by atoms with Gasteiger partial charge < -0.3 is 0 Å². The van der Waals surface area contributed by atoms with Gasteiger partial charge in [0.05, 0.1) is 11.6 Å². The van der Waals surface area contributed by atoms with Gasteiger partial charge >= 0.3 is 0 Å². The third-order valence-corrected chi connectivity index (χ3v) is 4.33. The van der Waals surface area contributed by atoms with Gasteiger partial charge in [0.2, 0.25) is 0 Å². The number of ketones is 1. The van der Waals surface area contributed by atoms with Crippen molar-refractivity contribution >= 4 is 16.8 Å². The minimum atomic E-state index is -0.193. The van der Waals surface area contributed by atoms with Gasteiger partial charge in [-0.25, -0.2) is 4.68 Å². The number of benzene rings is 3. The number of carbonyl (C=O) groups excluding carboxylic acids is 1. The van der Waals surface area contributed by atoms with Crippen LogP contribution in [0.2, 0.25) is 0 Å². The molecule has 1 atom stereocenters. The van der Waals surface area contributed by atoms with Gasteiger partial charge in [-0.05, 0) is 17.7 Å². The highest BCUT2D eigenvalue weighted by molar-refractivity contribution is 5.96. The van der Waals surface area contributed by atoms with Gasteiger partial charge in [-0.2, -0.15) is 0 Å². The van der Waals surface area contributed by atoms with E-state index in [-0.39, 0.29) is 11.8 Å². The third kappa shape index (κ3) is 3.06. The lowest BCUT2D eigenvalue weighted by molar-refractivity contribution is 0.0968. The first-order valence-electron chi connectivity index (χ1n) is 8.26. The molecule has 0 radical (unpaired) electrons. The highest BCUT2D eigenvalue weighted by atomic mass is 16.1. The van der Waals surface area contributed by atoms with Crippen LogP contribution in [0.4, 0.5) is 0 Å². The summed E-state index contributed by atoms with van der Waals surface area (Å²) in [6.45, 7) is 0. The van der Waals surface area contributed by atoms with E-state index in [0.29, 0.717) is 12.0 Å². The predicted molar refractivity (Wildman–Crippen MR) is 97.5 cm³/mol. The standard InChI is InChI=1S/C21H17N3O/c25-21(17-11-5-2-6-12-17)15-20(16-9-3-1-4-10-16)24-19-14-8-7-13-18(19)22-23-24/h1-14,20H,15H2. The van der Waals surface area contributed by atoms with Gasteiger partial charge in [0.15, 0.2) is 5.78 Å². The molecule has 0 aliphatic rings. The van der Waals surface area contributed by atoms with Crippen LogP contribution < -0.4 is 0 Å². The van der Waals surface area contributed by atoms with E-state index in [9.17, 15) is 4.79 Å². The zero-order valence-electron chi connectivity index (χ0n) is 13.6. The van der Waals surface area contributed by atoms with Crippen LogP contribution in [-0.2, 0) is 0 Å². The summed E-state index contributed by atoms with van der Waals surface area (Å²) in [6, 6.07) is 27.0. The van der Waals surface area contributed by atoms with Crippen LogP contribution in [0.3, 0.4) is 0 Å². The average Bonchev–Trinajstić information content (AvgIpc) is 3.11. The van der Waals surface area contributed by atoms with Crippen molar-refractivity contribution in [1.82, 2.24) is 15.0 Å². The molecule has 0 fully saturated rings. The lowest BCUT2D eigenvalue weighted by Crippen LogP contribution is -2.17. The number of para-hydroxylation sites is 1. The predicted octanol–water partition coefficient (Wildman–Crippen LogP) is 4.29. The smallest absolute Gasteiger partial charge is 0.165 e. The number of rotatable bonds is 5. The second kappa shape index (κ2) is 6.69. The summed E-state index contributed by atoms with van der Waals surface area (Å²) < 4.78 is 1.85. The normalized spacial score (nSPS) is 12.2. The van der Waals surface area contributed by atoms with Crippen LogP contribution in [0.25, 0.3) is 11.0 Å². The Morgan fingerprint density at radius 1 is 0.840 bits per heavy atom. The molecule has 0 spiro atoms. The molecule has 1 heterocycles. The Morgan fingerprint density at radius 3 is 2.24 bits per heavy atom. The Labute approximate surface area is 145 Å². The van der Waals surface area contributed by atoms with E-state index < -0.39 is 0 Å². The van der Waals surface area contributed by atoms with E-state index in [2.05, 4.69) is 10.3 Å². The molecule has 0 amide bonds. The summed E-state index contributed by atoms with van der Waals surface area (Å²) in [7, 11) is 0. The first kappa shape index (κ1) is 15.3. The fraction of sp³-hybridized carbons (Fsp3) is 0.0952. The van der Waals surface area contributed by atoms with E-state index in [0.717, 1.165) is 16.6 Å². The molecule has 25 heavy (non-hydrogen) atoms. The molecular weight excluding hydrogens is 310 g/mol. The Balaban J connectivity index is 1.76. The molecule has 0 bridgehead atoms. The second-order valence-corrected chi connectivity index (χ2v) is 5.94. The largest absolute Gasteiger partial charge is 0.294 e. The number of nitrogens with zero attached hydrogens (tertiary/aromatic N) is 3. The second-order valence-electron chi connectivity index (χ2n) is 5.94. The van der Waals surface area contributed by atoms with Crippen LogP contribution >= 0.6 is 0 Å². The van der Waals surface area contributed by atoms with Gasteiger partial charge in [0.1, 0.15) is 5.52 Å². The zero-order valence-corrected chi connectivity index (χ0v) is 13.6. The van der Waals surface area contributed by atoms with Crippen LogP contribution in [0.15, 0.2) is 84.9 Å². The minimum absolute atomic E-state index is 0.0917. The summed E-state index contributed by atoms with van der Waals surface area (Å²) >= 11 is 0. The van der Waals surface area contributed by atoms with Gasteiger partial charge in [0.25, 0.3) is 0 Å². The van der Waals surface area contributed by atoms with Crippen molar-refractivity contribution in [1.29, 1.82) is 0 Å². The molecule has 4 nitrogen and oxygen atoms in total. The van der Waals surface area contributed by atoms with Gasteiger partial charge in [-0.15, -0.1) is 5.10 Å². The Kier molecular flexibility index (Phi) is 4.09. The maximum atomic E-state index is 12.8. The quantitative estimate of drug-likeness (QED) is 0.514. The van der Waals surface area contributed by atoms with Gasteiger partial charge in [0, 0.05) is 12.0 Å². The molecular formula is C21H17N3O. The van der Waals surface area contributed by atoms with Crippen molar-refractivity contribution in [2.75, 3.05) is 0 Å². The minimum Gasteiger partial charge on any atom is -0.294 e. The number of hydrogen-bond acceptors (Lipinski definition) is 3. The fourth-order valence-corrected chi connectivity index (χ4v) is 3.06. The number of fused-ring (bicyclic) bond motifs is 1. The summed E-state index contributed by atoms with van der Waals surface area (Å²) in [6.07, 6.45) is 0.335. The summed E-state index contributed by atoms with van der Waals surface area (Å²) in [5.41, 5.74) is 3.52. The van der Waals surface area contributed by atoms with E-state index in [1.165, 1.54) is 0 Å². The monoisotopic (exact) mass is 327 g/mol. The van der Waals surface area contributed by atoms with Crippen molar-refractivity contribution in [3.63, 3.8) is 0 Å².